The first-order chi connectivity index (χ1) is 7.10. The Morgan fingerprint density at radius 2 is 2.13 bits per heavy atom. The topological polar surface area (TPSA) is 81.3 Å². The molecule has 0 radical (unpaired) electrons. The fraction of sp³-hybridized carbons (Fsp3) is 0.273. The largest absolute Gasteiger partial charge is 0.385 e. The Balaban J connectivity index is 3.06. The summed E-state index contributed by atoms with van der Waals surface area (Å²) in [5, 5.41) is 27.2. The molecular formula is C11H11NO3. The van der Waals surface area contributed by atoms with E-state index in [2.05, 4.69) is 0 Å². The predicted octanol–water partition coefficient (Wildman–Crippen LogP) is 0.725. The smallest absolute Gasteiger partial charge is 0.170 e. The van der Waals surface area contributed by atoms with Gasteiger partial charge in [-0.2, -0.15) is 5.26 Å². The van der Waals surface area contributed by atoms with Crippen LogP contribution in [-0.4, -0.2) is 22.6 Å². The van der Waals surface area contributed by atoms with Crippen molar-refractivity contribution >= 4 is 6.29 Å². The molecule has 0 bridgehead atoms. The summed E-state index contributed by atoms with van der Waals surface area (Å²) in [5.41, 5.74) is 1.62. The molecule has 2 N–H and O–H groups in total. The van der Waals surface area contributed by atoms with Gasteiger partial charge in [0.1, 0.15) is 12.4 Å². The number of rotatable bonds is 3. The van der Waals surface area contributed by atoms with E-state index in [9.17, 15) is 9.90 Å². The summed E-state index contributed by atoms with van der Waals surface area (Å²) in [6, 6.07) is 6.21. The van der Waals surface area contributed by atoms with Crippen LogP contribution in [0.2, 0.25) is 0 Å². The van der Waals surface area contributed by atoms with E-state index in [4.69, 9.17) is 10.4 Å². The molecule has 0 aliphatic carbocycles. The van der Waals surface area contributed by atoms with E-state index < -0.39 is 12.2 Å². The maximum Gasteiger partial charge on any atom is 0.170 e. The zero-order valence-corrected chi connectivity index (χ0v) is 8.21. The van der Waals surface area contributed by atoms with Gasteiger partial charge < -0.3 is 10.2 Å². The van der Waals surface area contributed by atoms with Gasteiger partial charge in [-0.05, 0) is 24.1 Å². The normalized spacial score (nSPS) is 14.0. The quantitative estimate of drug-likeness (QED) is 0.563. The number of nitriles is 1. The highest BCUT2D eigenvalue weighted by molar-refractivity contribution is 5.75. The molecule has 0 saturated carbocycles. The molecule has 15 heavy (non-hydrogen) atoms. The molecule has 2 unspecified atom stereocenters. The van der Waals surface area contributed by atoms with Crippen LogP contribution in [-0.2, 0) is 0 Å². The van der Waals surface area contributed by atoms with Crippen LogP contribution in [0.1, 0.15) is 27.6 Å². The van der Waals surface area contributed by atoms with E-state index in [0.29, 0.717) is 23.0 Å². The Morgan fingerprint density at radius 3 is 2.60 bits per heavy atom. The van der Waals surface area contributed by atoms with Gasteiger partial charge in [-0.15, -0.1) is 0 Å². The highest BCUT2D eigenvalue weighted by Crippen LogP contribution is 2.21. The van der Waals surface area contributed by atoms with Crippen molar-refractivity contribution < 1.29 is 15.0 Å². The lowest BCUT2D eigenvalue weighted by Gasteiger charge is -2.14. The van der Waals surface area contributed by atoms with Crippen molar-refractivity contribution in [3.05, 3.63) is 34.9 Å². The van der Waals surface area contributed by atoms with Crippen molar-refractivity contribution in [2.75, 3.05) is 0 Å². The molecule has 1 rings (SSSR count). The number of aldehydes is 1. The lowest BCUT2D eigenvalue weighted by molar-refractivity contribution is 0.0523. The van der Waals surface area contributed by atoms with Gasteiger partial charge in [-0.3, -0.25) is 4.79 Å². The summed E-state index contributed by atoms with van der Waals surface area (Å²) in [6.45, 7) is 1.70. The number of aliphatic hydroxyl groups excluding tert-OH is 2. The number of aliphatic hydroxyl groups is 2. The molecule has 1 aromatic rings. The zero-order valence-electron chi connectivity index (χ0n) is 8.21. The molecular weight excluding hydrogens is 194 g/mol. The minimum Gasteiger partial charge on any atom is -0.385 e. The Hall–Kier alpha value is -1.70. The van der Waals surface area contributed by atoms with Crippen LogP contribution in [0.15, 0.2) is 18.2 Å². The number of hydrogen-bond donors (Lipinski definition) is 2. The molecule has 0 aromatic heterocycles. The molecule has 1 aromatic carbocycles. The fourth-order valence-corrected chi connectivity index (χ4v) is 1.34. The van der Waals surface area contributed by atoms with Crippen molar-refractivity contribution in [3.63, 3.8) is 0 Å². The van der Waals surface area contributed by atoms with Crippen LogP contribution < -0.4 is 0 Å². The zero-order chi connectivity index (χ0) is 11.4. The molecule has 4 heteroatoms. The first kappa shape index (κ1) is 11.4. The predicted molar refractivity (Wildman–Crippen MR) is 53.1 cm³/mol. The van der Waals surface area contributed by atoms with Crippen LogP contribution in [0.5, 0.6) is 0 Å². The highest BCUT2D eigenvalue weighted by Gasteiger charge is 2.19. The second kappa shape index (κ2) is 4.69. The number of hydrogen-bond acceptors (Lipinski definition) is 4. The highest BCUT2D eigenvalue weighted by atomic mass is 16.3. The monoisotopic (exact) mass is 205 g/mol. The summed E-state index contributed by atoms with van der Waals surface area (Å²) in [4.78, 5) is 10.5. The third-order valence-corrected chi connectivity index (χ3v) is 2.18. The van der Waals surface area contributed by atoms with Gasteiger partial charge in [0.2, 0.25) is 0 Å². The van der Waals surface area contributed by atoms with Gasteiger partial charge in [0.05, 0.1) is 6.07 Å². The second-order valence-corrected chi connectivity index (χ2v) is 3.25. The third kappa shape index (κ3) is 2.40. The van der Waals surface area contributed by atoms with Gasteiger partial charge >= 0.3 is 0 Å². The minimum absolute atomic E-state index is 0.453. The SMILES string of the molecule is Cc1cc(C=O)ccc1C(O)C(O)C#N. The summed E-state index contributed by atoms with van der Waals surface area (Å²) in [7, 11) is 0. The molecule has 0 fully saturated rings. The summed E-state index contributed by atoms with van der Waals surface area (Å²) in [6.07, 6.45) is -1.99. The standard InChI is InChI=1S/C11H11NO3/c1-7-4-8(6-13)2-3-9(7)11(15)10(14)5-12/h2-4,6,10-11,14-15H,1H3. The number of carbonyl (C=O) groups is 1. The van der Waals surface area contributed by atoms with E-state index >= 15 is 0 Å². The maximum absolute atomic E-state index is 10.5. The Kier molecular flexibility index (Phi) is 3.56. The third-order valence-electron chi connectivity index (χ3n) is 2.18. The van der Waals surface area contributed by atoms with Crippen LogP contribution in [0.4, 0.5) is 0 Å². The molecule has 2 atom stereocenters. The molecule has 0 amide bonds. The van der Waals surface area contributed by atoms with Crippen molar-refractivity contribution in [1.82, 2.24) is 0 Å². The fourth-order valence-electron chi connectivity index (χ4n) is 1.34. The molecule has 0 spiro atoms. The van der Waals surface area contributed by atoms with Gasteiger partial charge in [0.15, 0.2) is 6.10 Å². The van der Waals surface area contributed by atoms with Crippen LogP contribution in [0.3, 0.4) is 0 Å². The van der Waals surface area contributed by atoms with Crippen LogP contribution >= 0.6 is 0 Å². The van der Waals surface area contributed by atoms with E-state index in [0.717, 1.165) is 0 Å². The van der Waals surface area contributed by atoms with Gasteiger partial charge in [0.25, 0.3) is 0 Å². The average Bonchev–Trinajstić information content (AvgIpc) is 2.26. The van der Waals surface area contributed by atoms with E-state index in [1.807, 2.05) is 0 Å². The molecule has 0 aliphatic heterocycles. The van der Waals surface area contributed by atoms with Crippen molar-refractivity contribution in [2.24, 2.45) is 0 Å². The van der Waals surface area contributed by atoms with E-state index in [-0.39, 0.29) is 0 Å². The maximum atomic E-state index is 10.5. The molecule has 4 nitrogen and oxygen atoms in total. The number of aryl methyl sites for hydroxylation is 1. The first-order valence-corrected chi connectivity index (χ1v) is 4.41. The van der Waals surface area contributed by atoms with Gasteiger partial charge in [-0.25, -0.2) is 0 Å². The summed E-state index contributed by atoms with van der Waals surface area (Å²) < 4.78 is 0. The first-order valence-electron chi connectivity index (χ1n) is 4.41. The van der Waals surface area contributed by atoms with E-state index in [1.165, 1.54) is 12.1 Å². The van der Waals surface area contributed by atoms with Crippen LogP contribution in [0, 0.1) is 18.3 Å². The van der Waals surface area contributed by atoms with Gasteiger partial charge in [-0.1, -0.05) is 12.1 Å². The molecule has 0 aliphatic rings. The van der Waals surface area contributed by atoms with E-state index in [1.54, 1.807) is 19.1 Å². The summed E-state index contributed by atoms with van der Waals surface area (Å²) >= 11 is 0. The van der Waals surface area contributed by atoms with Crippen molar-refractivity contribution in [1.29, 1.82) is 5.26 Å². The number of benzene rings is 1. The Labute approximate surface area is 87.4 Å². The number of nitrogens with zero attached hydrogens (tertiary/aromatic N) is 1. The molecule has 0 heterocycles. The molecule has 0 saturated heterocycles. The molecule has 78 valence electrons. The second-order valence-electron chi connectivity index (χ2n) is 3.25. The lowest BCUT2D eigenvalue weighted by atomic mass is 9.98. The Bertz CT molecular complexity index is 409. The van der Waals surface area contributed by atoms with Crippen LogP contribution in [0.25, 0.3) is 0 Å². The van der Waals surface area contributed by atoms with Gasteiger partial charge in [0, 0.05) is 5.56 Å². The minimum atomic E-state index is -1.45. The van der Waals surface area contributed by atoms with Crippen molar-refractivity contribution in [3.8, 4) is 6.07 Å². The number of carbonyl (C=O) groups excluding carboxylic acids is 1. The summed E-state index contributed by atoms with van der Waals surface area (Å²) in [5.74, 6) is 0. The lowest BCUT2D eigenvalue weighted by Crippen LogP contribution is -2.16. The van der Waals surface area contributed by atoms with Crippen molar-refractivity contribution in [2.45, 2.75) is 19.1 Å². The average molecular weight is 205 g/mol. The Morgan fingerprint density at radius 1 is 1.47 bits per heavy atom.